The summed E-state index contributed by atoms with van der Waals surface area (Å²) in [5, 5.41) is 1.13. The molecule has 0 unspecified atom stereocenters. The lowest BCUT2D eigenvalue weighted by atomic mass is 9.98. The molecule has 2 aromatic carbocycles. The van der Waals surface area contributed by atoms with E-state index in [1.807, 2.05) is 30.5 Å². The number of nitrogens with one attached hydrogen (secondary N) is 1. The summed E-state index contributed by atoms with van der Waals surface area (Å²) >= 11 is 0. The lowest BCUT2D eigenvalue weighted by Gasteiger charge is -2.10. The van der Waals surface area contributed by atoms with Crippen molar-refractivity contribution in [2.75, 3.05) is 0 Å². The first-order chi connectivity index (χ1) is 10.4. The molecule has 0 saturated heterocycles. The second-order valence-electron chi connectivity index (χ2n) is 5.03. The van der Waals surface area contributed by atoms with E-state index in [1.54, 1.807) is 0 Å². The molecule has 0 atom stereocenters. The number of aromatic nitrogens is 2. The normalized spacial score (nSPS) is 10.9. The van der Waals surface area contributed by atoms with Gasteiger partial charge in [0, 0.05) is 22.7 Å². The van der Waals surface area contributed by atoms with Crippen LogP contribution in [0.25, 0.3) is 33.4 Å². The van der Waals surface area contributed by atoms with Gasteiger partial charge in [0.25, 0.3) is 0 Å². The first kappa shape index (κ1) is 11.9. The summed E-state index contributed by atoms with van der Waals surface area (Å²) in [6.07, 6.45) is 1.93. The third kappa shape index (κ3) is 2.11. The maximum atomic E-state index is 4.83. The minimum atomic E-state index is 0.925. The summed E-state index contributed by atoms with van der Waals surface area (Å²) in [6, 6.07) is 25.0. The molecule has 2 heteroatoms. The molecule has 2 heterocycles. The quantitative estimate of drug-likeness (QED) is 0.551. The molecule has 0 saturated carbocycles. The fraction of sp³-hybridized carbons (Fsp3) is 0. The zero-order valence-corrected chi connectivity index (χ0v) is 11.5. The minimum absolute atomic E-state index is 0.925. The second-order valence-corrected chi connectivity index (χ2v) is 5.03. The van der Waals surface area contributed by atoms with Gasteiger partial charge in [0.2, 0.25) is 0 Å². The van der Waals surface area contributed by atoms with Gasteiger partial charge >= 0.3 is 0 Å². The van der Waals surface area contributed by atoms with Crippen molar-refractivity contribution in [3.63, 3.8) is 0 Å². The largest absolute Gasteiger partial charge is 0.346 e. The highest BCUT2D eigenvalue weighted by Crippen LogP contribution is 2.32. The van der Waals surface area contributed by atoms with Crippen LogP contribution in [0.4, 0.5) is 0 Å². The van der Waals surface area contributed by atoms with Crippen LogP contribution in [0.1, 0.15) is 0 Å². The lowest BCUT2D eigenvalue weighted by Crippen LogP contribution is -1.90. The van der Waals surface area contributed by atoms with Crippen molar-refractivity contribution in [1.29, 1.82) is 0 Å². The van der Waals surface area contributed by atoms with Crippen LogP contribution < -0.4 is 0 Å². The minimum Gasteiger partial charge on any atom is -0.346 e. The third-order valence-corrected chi connectivity index (χ3v) is 3.67. The number of nitrogens with zero attached hydrogens (tertiary/aromatic N) is 1. The summed E-state index contributed by atoms with van der Waals surface area (Å²) in [5.74, 6) is 0. The van der Waals surface area contributed by atoms with Gasteiger partial charge in [0.1, 0.15) is 5.65 Å². The van der Waals surface area contributed by atoms with Crippen LogP contribution in [-0.2, 0) is 0 Å². The van der Waals surface area contributed by atoms with Gasteiger partial charge in [-0.15, -0.1) is 0 Å². The zero-order chi connectivity index (χ0) is 14.1. The van der Waals surface area contributed by atoms with E-state index in [0.29, 0.717) is 0 Å². The van der Waals surface area contributed by atoms with Crippen molar-refractivity contribution in [1.82, 2.24) is 9.97 Å². The van der Waals surface area contributed by atoms with Crippen LogP contribution in [0.5, 0.6) is 0 Å². The molecule has 0 aliphatic heterocycles. The van der Waals surface area contributed by atoms with E-state index in [4.69, 9.17) is 4.98 Å². The average Bonchev–Trinajstić information content (AvgIpc) is 3.03. The third-order valence-electron chi connectivity index (χ3n) is 3.67. The number of rotatable bonds is 2. The Morgan fingerprint density at radius 1 is 0.714 bits per heavy atom. The van der Waals surface area contributed by atoms with Crippen LogP contribution in [0.15, 0.2) is 79.0 Å². The van der Waals surface area contributed by atoms with Crippen molar-refractivity contribution < 1.29 is 0 Å². The molecule has 4 aromatic rings. The standard InChI is InChI=1S/C19H14N2/c1-3-7-14(8-4-1)17-13-16-11-12-20-19(16)21-18(17)15-9-5-2-6-10-15/h1-13H,(H,20,21). The molecule has 1 N–H and O–H groups in total. The van der Waals surface area contributed by atoms with E-state index >= 15 is 0 Å². The highest BCUT2D eigenvalue weighted by atomic mass is 14.9. The topological polar surface area (TPSA) is 28.7 Å². The Bertz CT molecular complexity index is 804. The predicted octanol–water partition coefficient (Wildman–Crippen LogP) is 4.90. The van der Waals surface area contributed by atoms with E-state index in [1.165, 1.54) is 5.56 Å². The summed E-state index contributed by atoms with van der Waals surface area (Å²) in [4.78, 5) is 8.02. The number of hydrogen-bond acceptors (Lipinski definition) is 1. The molecule has 0 amide bonds. The highest BCUT2D eigenvalue weighted by molar-refractivity contribution is 5.90. The molecule has 21 heavy (non-hydrogen) atoms. The molecule has 4 rings (SSSR count). The van der Waals surface area contributed by atoms with Gasteiger partial charge in [0.05, 0.1) is 5.69 Å². The molecule has 100 valence electrons. The molecule has 0 aliphatic rings. The van der Waals surface area contributed by atoms with E-state index in [2.05, 4.69) is 53.5 Å². The fourth-order valence-electron chi connectivity index (χ4n) is 2.64. The Hall–Kier alpha value is -2.87. The summed E-state index contributed by atoms with van der Waals surface area (Å²) in [6.45, 7) is 0. The van der Waals surface area contributed by atoms with Gasteiger partial charge in [-0.3, -0.25) is 0 Å². The molecule has 0 fully saturated rings. The number of pyridine rings is 1. The van der Waals surface area contributed by atoms with Crippen LogP contribution in [0.2, 0.25) is 0 Å². The first-order valence-corrected chi connectivity index (χ1v) is 7.01. The van der Waals surface area contributed by atoms with Gasteiger partial charge in [-0.05, 0) is 17.7 Å². The number of benzene rings is 2. The Morgan fingerprint density at radius 3 is 2.10 bits per heavy atom. The van der Waals surface area contributed by atoms with Gasteiger partial charge in [-0.2, -0.15) is 0 Å². The molecule has 2 aromatic heterocycles. The smallest absolute Gasteiger partial charge is 0.138 e. The van der Waals surface area contributed by atoms with E-state index in [0.717, 1.165) is 27.9 Å². The fourth-order valence-corrected chi connectivity index (χ4v) is 2.64. The van der Waals surface area contributed by atoms with Gasteiger partial charge in [-0.25, -0.2) is 4.98 Å². The number of H-pyrrole nitrogens is 1. The lowest BCUT2D eigenvalue weighted by molar-refractivity contribution is 1.32. The van der Waals surface area contributed by atoms with Crippen molar-refractivity contribution in [3.8, 4) is 22.4 Å². The van der Waals surface area contributed by atoms with Gasteiger partial charge in [0.15, 0.2) is 0 Å². The summed E-state index contributed by atoms with van der Waals surface area (Å²) in [5.41, 5.74) is 5.42. The van der Waals surface area contributed by atoms with Crippen LogP contribution in [0.3, 0.4) is 0 Å². The van der Waals surface area contributed by atoms with Gasteiger partial charge < -0.3 is 4.98 Å². The van der Waals surface area contributed by atoms with E-state index < -0.39 is 0 Å². The molecule has 0 bridgehead atoms. The Kier molecular flexibility index (Phi) is 2.79. The molecule has 0 spiro atoms. The monoisotopic (exact) mass is 270 g/mol. The molecule has 2 nitrogen and oxygen atoms in total. The zero-order valence-electron chi connectivity index (χ0n) is 11.5. The number of fused-ring (bicyclic) bond motifs is 1. The Morgan fingerprint density at radius 2 is 1.38 bits per heavy atom. The van der Waals surface area contributed by atoms with Crippen molar-refractivity contribution in [3.05, 3.63) is 79.0 Å². The predicted molar refractivity (Wildman–Crippen MR) is 87.0 cm³/mol. The van der Waals surface area contributed by atoms with E-state index in [9.17, 15) is 0 Å². The number of aromatic amines is 1. The van der Waals surface area contributed by atoms with Crippen molar-refractivity contribution in [2.45, 2.75) is 0 Å². The van der Waals surface area contributed by atoms with Gasteiger partial charge in [-0.1, -0.05) is 60.7 Å². The van der Waals surface area contributed by atoms with Crippen molar-refractivity contribution in [2.24, 2.45) is 0 Å². The van der Waals surface area contributed by atoms with Crippen LogP contribution >= 0.6 is 0 Å². The highest BCUT2D eigenvalue weighted by Gasteiger charge is 2.11. The summed E-state index contributed by atoms with van der Waals surface area (Å²) in [7, 11) is 0. The molecule has 0 radical (unpaired) electrons. The van der Waals surface area contributed by atoms with Crippen LogP contribution in [-0.4, -0.2) is 9.97 Å². The Balaban J connectivity index is 2.03. The molecule has 0 aliphatic carbocycles. The second kappa shape index (κ2) is 4.91. The Labute approximate surface area is 123 Å². The molecular weight excluding hydrogens is 256 g/mol. The molecular formula is C19H14N2. The maximum absolute atomic E-state index is 4.83. The first-order valence-electron chi connectivity index (χ1n) is 7.01. The van der Waals surface area contributed by atoms with E-state index in [-0.39, 0.29) is 0 Å². The van der Waals surface area contributed by atoms with Crippen molar-refractivity contribution >= 4 is 11.0 Å². The average molecular weight is 270 g/mol. The number of hydrogen-bond donors (Lipinski definition) is 1. The summed E-state index contributed by atoms with van der Waals surface area (Å²) < 4.78 is 0. The SMILES string of the molecule is c1ccc(-c2cc3cc[nH]c3nc2-c2ccccc2)cc1. The van der Waals surface area contributed by atoms with Crippen LogP contribution in [0, 0.1) is 0 Å². The maximum Gasteiger partial charge on any atom is 0.138 e.